The lowest BCUT2D eigenvalue weighted by molar-refractivity contribution is -0.133. The first-order chi connectivity index (χ1) is 10.1. The summed E-state index contributed by atoms with van der Waals surface area (Å²) >= 11 is 1.57. The average Bonchev–Trinajstić information content (AvgIpc) is 2.86. The van der Waals surface area contributed by atoms with Crippen LogP contribution < -0.4 is 5.56 Å². The van der Waals surface area contributed by atoms with Gasteiger partial charge < -0.3 is 4.90 Å². The molecule has 0 spiro atoms. The van der Waals surface area contributed by atoms with Crippen LogP contribution in [0.4, 0.5) is 0 Å². The lowest BCUT2D eigenvalue weighted by atomic mass is 10.00. The Bertz CT molecular complexity index is 613. The fourth-order valence-corrected chi connectivity index (χ4v) is 4.22. The summed E-state index contributed by atoms with van der Waals surface area (Å²) in [5.74, 6) is 1.52. The second kappa shape index (κ2) is 5.83. The van der Waals surface area contributed by atoms with Crippen LogP contribution in [0.15, 0.2) is 16.1 Å². The number of piperidine rings is 1. The van der Waals surface area contributed by atoms with Crippen LogP contribution in [-0.2, 0) is 4.79 Å². The molecule has 0 aliphatic carbocycles. The predicted molar refractivity (Wildman–Crippen MR) is 82.6 cm³/mol. The number of aryl methyl sites for hydroxylation is 1. The molecule has 114 valence electrons. The molecule has 2 atom stereocenters. The molecular weight excluding hydrogens is 286 g/mol. The van der Waals surface area contributed by atoms with E-state index >= 15 is 0 Å². The van der Waals surface area contributed by atoms with Crippen LogP contribution >= 0.6 is 11.8 Å². The van der Waals surface area contributed by atoms with Crippen molar-refractivity contribution in [2.24, 2.45) is 5.92 Å². The highest BCUT2D eigenvalue weighted by molar-refractivity contribution is 7.99. The number of aromatic nitrogens is 2. The molecule has 0 N–H and O–H groups in total. The fraction of sp³-hybridized carbons (Fsp3) is 0.667. The fourth-order valence-electron chi connectivity index (χ4n) is 3.12. The Morgan fingerprint density at radius 1 is 1.52 bits per heavy atom. The van der Waals surface area contributed by atoms with E-state index in [-0.39, 0.29) is 17.5 Å². The van der Waals surface area contributed by atoms with Crippen LogP contribution in [0, 0.1) is 12.8 Å². The van der Waals surface area contributed by atoms with Gasteiger partial charge in [-0.05, 0) is 25.7 Å². The number of hydrogen-bond acceptors (Lipinski definition) is 4. The van der Waals surface area contributed by atoms with Gasteiger partial charge in [0.15, 0.2) is 5.16 Å². The average molecular weight is 307 g/mol. The van der Waals surface area contributed by atoms with Gasteiger partial charge in [-0.3, -0.25) is 14.2 Å². The SMILES string of the molecule is Cc1cnc2n(c1=O)C(CC(=O)N1CCCC(C)C1)CS2. The second-order valence-electron chi connectivity index (χ2n) is 6.16. The highest BCUT2D eigenvalue weighted by Crippen LogP contribution is 2.32. The largest absolute Gasteiger partial charge is 0.342 e. The molecule has 6 heteroatoms. The first-order valence-electron chi connectivity index (χ1n) is 7.55. The molecular formula is C15H21N3O2S. The lowest BCUT2D eigenvalue weighted by Crippen LogP contribution is -2.40. The van der Waals surface area contributed by atoms with E-state index in [2.05, 4.69) is 11.9 Å². The Balaban J connectivity index is 1.75. The quantitative estimate of drug-likeness (QED) is 0.783. The number of carbonyl (C=O) groups excluding carboxylic acids is 1. The molecule has 0 aromatic carbocycles. The predicted octanol–water partition coefficient (Wildman–Crippen LogP) is 1.85. The van der Waals surface area contributed by atoms with Gasteiger partial charge in [-0.15, -0.1) is 0 Å². The Kier molecular flexibility index (Phi) is 4.06. The molecule has 3 rings (SSSR count). The maximum absolute atomic E-state index is 12.5. The van der Waals surface area contributed by atoms with Crippen molar-refractivity contribution in [2.75, 3.05) is 18.8 Å². The third-order valence-corrected chi connectivity index (χ3v) is 5.43. The van der Waals surface area contributed by atoms with Crippen LogP contribution in [0.25, 0.3) is 0 Å². The number of hydrogen-bond donors (Lipinski definition) is 0. The number of nitrogens with zero attached hydrogens (tertiary/aromatic N) is 3. The van der Waals surface area contributed by atoms with Crippen molar-refractivity contribution in [1.29, 1.82) is 0 Å². The molecule has 0 radical (unpaired) electrons. The molecule has 21 heavy (non-hydrogen) atoms. The van der Waals surface area contributed by atoms with Gasteiger partial charge in [0, 0.05) is 37.0 Å². The van der Waals surface area contributed by atoms with E-state index in [9.17, 15) is 9.59 Å². The summed E-state index contributed by atoms with van der Waals surface area (Å²) in [7, 11) is 0. The van der Waals surface area contributed by atoms with Crippen molar-refractivity contribution in [2.45, 2.75) is 44.3 Å². The number of amides is 1. The number of carbonyl (C=O) groups is 1. The second-order valence-corrected chi connectivity index (χ2v) is 7.14. The monoisotopic (exact) mass is 307 g/mol. The van der Waals surface area contributed by atoms with E-state index in [1.807, 2.05) is 4.90 Å². The van der Waals surface area contributed by atoms with Crippen molar-refractivity contribution in [1.82, 2.24) is 14.5 Å². The highest BCUT2D eigenvalue weighted by Gasteiger charge is 2.30. The van der Waals surface area contributed by atoms with Gasteiger partial charge in [0.05, 0.1) is 6.04 Å². The van der Waals surface area contributed by atoms with E-state index in [0.717, 1.165) is 30.4 Å². The molecule has 0 bridgehead atoms. The molecule has 0 saturated carbocycles. The van der Waals surface area contributed by atoms with Crippen molar-refractivity contribution < 1.29 is 4.79 Å². The first-order valence-corrected chi connectivity index (χ1v) is 8.53. The normalized spacial score (nSPS) is 25.0. The molecule has 1 aromatic heterocycles. The Morgan fingerprint density at radius 3 is 3.10 bits per heavy atom. The topological polar surface area (TPSA) is 55.2 Å². The van der Waals surface area contributed by atoms with Crippen molar-refractivity contribution in [3.05, 3.63) is 22.1 Å². The minimum Gasteiger partial charge on any atom is -0.342 e. The molecule has 2 unspecified atom stereocenters. The molecule has 2 aliphatic heterocycles. The standard InChI is InChI=1S/C15H21N3O2S/c1-10-4-3-5-17(8-10)13(19)6-12-9-21-15-16-7-11(2)14(20)18(12)15/h7,10,12H,3-6,8-9H2,1-2H3. The van der Waals surface area contributed by atoms with Crippen LogP contribution in [0.2, 0.25) is 0 Å². The molecule has 1 saturated heterocycles. The zero-order valence-corrected chi connectivity index (χ0v) is 13.4. The van der Waals surface area contributed by atoms with Gasteiger partial charge in [-0.25, -0.2) is 4.98 Å². The van der Waals surface area contributed by atoms with Crippen molar-refractivity contribution in [3.63, 3.8) is 0 Å². The summed E-state index contributed by atoms with van der Waals surface area (Å²) in [6.07, 6.45) is 4.33. The van der Waals surface area contributed by atoms with Gasteiger partial charge in [0.1, 0.15) is 0 Å². The van der Waals surface area contributed by atoms with Gasteiger partial charge in [0.25, 0.3) is 5.56 Å². The summed E-state index contributed by atoms with van der Waals surface area (Å²) in [5.41, 5.74) is 0.639. The first kappa shape index (κ1) is 14.6. The summed E-state index contributed by atoms with van der Waals surface area (Å²) in [6.45, 7) is 5.68. The van der Waals surface area contributed by atoms with Gasteiger partial charge in [-0.1, -0.05) is 18.7 Å². The van der Waals surface area contributed by atoms with E-state index in [1.54, 1.807) is 29.4 Å². The minimum absolute atomic E-state index is 0.00480. The summed E-state index contributed by atoms with van der Waals surface area (Å²) < 4.78 is 1.71. The van der Waals surface area contributed by atoms with E-state index in [4.69, 9.17) is 0 Å². The highest BCUT2D eigenvalue weighted by atomic mass is 32.2. The molecule has 1 amide bonds. The summed E-state index contributed by atoms with van der Waals surface area (Å²) in [5, 5.41) is 0.746. The number of fused-ring (bicyclic) bond motifs is 1. The number of rotatable bonds is 2. The number of thioether (sulfide) groups is 1. The Morgan fingerprint density at radius 2 is 2.33 bits per heavy atom. The van der Waals surface area contributed by atoms with Crippen molar-refractivity contribution >= 4 is 17.7 Å². The minimum atomic E-state index is -0.0466. The third-order valence-electron chi connectivity index (χ3n) is 4.32. The molecule has 1 aromatic rings. The maximum Gasteiger partial charge on any atom is 0.257 e. The molecule has 3 heterocycles. The number of likely N-dealkylation sites (tertiary alicyclic amines) is 1. The van der Waals surface area contributed by atoms with E-state index < -0.39 is 0 Å². The Labute approximate surface area is 128 Å². The lowest BCUT2D eigenvalue weighted by Gasteiger charge is -2.31. The maximum atomic E-state index is 12.5. The molecule has 2 aliphatic rings. The van der Waals surface area contributed by atoms with Crippen LogP contribution in [0.1, 0.15) is 37.8 Å². The van der Waals surface area contributed by atoms with Crippen molar-refractivity contribution in [3.8, 4) is 0 Å². The molecule has 5 nitrogen and oxygen atoms in total. The smallest absolute Gasteiger partial charge is 0.257 e. The van der Waals surface area contributed by atoms with Crippen LogP contribution in [-0.4, -0.2) is 39.2 Å². The van der Waals surface area contributed by atoms with Gasteiger partial charge >= 0.3 is 0 Å². The molecule has 1 fully saturated rings. The van der Waals surface area contributed by atoms with Crippen LogP contribution in [0.3, 0.4) is 0 Å². The Hall–Kier alpha value is -1.30. The van der Waals surface area contributed by atoms with Gasteiger partial charge in [-0.2, -0.15) is 0 Å². The third kappa shape index (κ3) is 2.86. The zero-order chi connectivity index (χ0) is 15.0. The summed E-state index contributed by atoms with van der Waals surface area (Å²) in [4.78, 5) is 31.0. The van der Waals surface area contributed by atoms with E-state index in [0.29, 0.717) is 17.9 Å². The van der Waals surface area contributed by atoms with Gasteiger partial charge in [0.2, 0.25) is 5.91 Å². The van der Waals surface area contributed by atoms with Crippen LogP contribution in [0.5, 0.6) is 0 Å². The summed E-state index contributed by atoms with van der Waals surface area (Å²) in [6, 6.07) is -0.0466. The zero-order valence-electron chi connectivity index (χ0n) is 12.5. The van der Waals surface area contributed by atoms with E-state index in [1.165, 1.54) is 6.42 Å².